The average Bonchev–Trinajstić information content (AvgIpc) is 3.16. The summed E-state index contributed by atoms with van der Waals surface area (Å²) in [6.45, 7) is 2.52. The van der Waals surface area contributed by atoms with E-state index in [2.05, 4.69) is 0 Å². The molecule has 2 aliphatic rings. The third kappa shape index (κ3) is 3.41. The zero-order valence-electron chi connectivity index (χ0n) is 15.5. The Bertz CT molecular complexity index is 932. The zero-order chi connectivity index (χ0) is 19.1. The van der Waals surface area contributed by atoms with Crippen molar-refractivity contribution in [2.75, 3.05) is 19.6 Å². The zero-order valence-corrected chi connectivity index (χ0v) is 16.3. The highest BCUT2D eigenvalue weighted by molar-refractivity contribution is 6.22. The van der Waals surface area contributed by atoms with Gasteiger partial charge in [0.15, 0.2) is 0 Å². The number of aryl methyl sites for hydroxylation is 1. The van der Waals surface area contributed by atoms with Crippen LogP contribution in [0.2, 0.25) is 0 Å². The number of likely N-dealkylation sites (tertiary alicyclic amines) is 1. The van der Waals surface area contributed by atoms with Crippen LogP contribution in [0.4, 0.5) is 0 Å². The van der Waals surface area contributed by atoms with E-state index in [1.54, 1.807) is 23.1 Å². The van der Waals surface area contributed by atoms with Gasteiger partial charge >= 0.3 is 0 Å². The Hall–Kier alpha value is -2.70. The van der Waals surface area contributed by atoms with Crippen LogP contribution in [0, 0.1) is 6.92 Å². The smallest absolute Gasteiger partial charge is 0.262 e. The monoisotopic (exact) mass is 399 g/mol. The maximum atomic E-state index is 12.8. The van der Waals surface area contributed by atoms with E-state index in [0.29, 0.717) is 24.2 Å². The van der Waals surface area contributed by atoms with E-state index in [9.17, 15) is 14.4 Å². The van der Waals surface area contributed by atoms with E-state index < -0.39 is 11.8 Å². The van der Waals surface area contributed by atoms with Crippen molar-refractivity contribution in [3.8, 4) is 0 Å². The second kappa shape index (κ2) is 7.73. The van der Waals surface area contributed by atoms with Crippen LogP contribution in [-0.2, 0) is 4.79 Å². The molecule has 0 aliphatic carbocycles. The third-order valence-electron chi connectivity index (χ3n) is 5.37. The molecule has 2 heterocycles. The lowest BCUT2D eigenvalue weighted by Crippen LogP contribution is -2.42. The standard InChI is InChI=1S/C21H21N3O3.ClH/c1-13-7-8-15-16(9-13)21(27)24(20(15)26)12-19(25)23-10-17(18(22)11-23)14-5-3-2-4-6-14;/h2-9,17-18H,10-12,22H2,1H3;1H/t17-,18+;/m0./s1. The van der Waals surface area contributed by atoms with Gasteiger partial charge < -0.3 is 10.6 Å². The Morgan fingerprint density at radius 1 is 1.04 bits per heavy atom. The van der Waals surface area contributed by atoms with Gasteiger partial charge in [-0.05, 0) is 24.6 Å². The molecule has 0 spiro atoms. The van der Waals surface area contributed by atoms with Gasteiger partial charge in [-0.1, -0.05) is 42.0 Å². The van der Waals surface area contributed by atoms with Gasteiger partial charge in [-0.25, -0.2) is 0 Å². The Kier molecular flexibility index (Phi) is 5.54. The number of rotatable bonds is 3. The summed E-state index contributed by atoms with van der Waals surface area (Å²) >= 11 is 0. The van der Waals surface area contributed by atoms with Crippen LogP contribution < -0.4 is 5.73 Å². The first-order chi connectivity index (χ1) is 13.0. The van der Waals surface area contributed by atoms with Crippen LogP contribution in [0.3, 0.4) is 0 Å². The van der Waals surface area contributed by atoms with E-state index in [1.165, 1.54) is 0 Å². The Balaban J connectivity index is 0.00000225. The molecule has 1 saturated heterocycles. The molecule has 2 atom stereocenters. The minimum absolute atomic E-state index is 0. The summed E-state index contributed by atoms with van der Waals surface area (Å²) < 4.78 is 0. The average molecular weight is 400 g/mol. The predicted octanol–water partition coefficient (Wildman–Crippen LogP) is 1.97. The highest BCUT2D eigenvalue weighted by Gasteiger charge is 2.39. The van der Waals surface area contributed by atoms with Crippen molar-refractivity contribution < 1.29 is 14.4 Å². The summed E-state index contributed by atoms with van der Waals surface area (Å²) in [5, 5.41) is 0. The van der Waals surface area contributed by atoms with Crippen molar-refractivity contribution in [3.05, 3.63) is 70.8 Å². The SMILES string of the molecule is Cc1ccc2c(c1)C(=O)N(CC(=O)N1C[C@@H](N)[C@H](c3ccccc3)C1)C2=O.Cl. The molecule has 1 fully saturated rings. The van der Waals surface area contributed by atoms with Gasteiger partial charge in [0.2, 0.25) is 5.91 Å². The van der Waals surface area contributed by atoms with Gasteiger partial charge in [-0.15, -0.1) is 12.4 Å². The molecular formula is C21H22ClN3O3. The molecule has 146 valence electrons. The Morgan fingerprint density at radius 2 is 1.71 bits per heavy atom. The quantitative estimate of drug-likeness (QED) is 0.800. The van der Waals surface area contributed by atoms with Gasteiger partial charge in [0.05, 0.1) is 11.1 Å². The van der Waals surface area contributed by atoms with Crippen molar-refractivity contribution in [2.24, 2.45) is 5.73 Å². The molecule has 0 bridgehead atoms. The molecule has 6 nitrogen and oxygen atoms in total. The maximum absolute atomic E-state index is 12.8. The summed E-state index contributed by atoms with van der Waals surface area (Å²) in [6.07, 6.45) is 0. The second-order valence-corrected chi connectivity index (χ2v) is 7.23. The molecule has 0 radical (unpaired) electrons. The van der Waals surface area contributed by atoms with Crippen LogP contribution in [-0.4, -0.2) is 53.2 Å². The number of fused-ring (bicyclic) bond motifs is 1. The van der Waals surface area contributed by atoms with E-state index in [-0.39, 0.29) is 36.8 Å². The first-order valence-corrected chi connectivity index (χ1v) is 9.01. The van der Waals surface area contributed by atoms with Gasteiger partial charge in [-0.2, -0.15) is 0 Å². The molecule has 3 amide bonds. The number of carbonyl (C=O) groups excluding carboxylic acids is 3. The summed E-state index contributed by atoms with van der Waals surface area (Å²) in [4.78, 5) is 40.5. The number of hydrogen-bond donors (Lipinski definition) is 1. The molecule has 0 aromatic heterocycles. The molecule has 4 rings (SSSR count). The fraction of sp³-hybridized carbons (Fsp3) is 0.286. The third-order valence-corrected chi connectivity index (χ3v) is 5.37. The summed E-state index contributed by atoms with van der Waals surface area (Å²) in [5.41, 5.74) is 8.97. The van der Waals surface area contributed by atoms with E-state index in [1.807, 2.05) is 37.3 Å². The number of nitrogens with two attached hydrogens (primary N) is 1. The molecule has 2 aromatic rings. The second-order valence-electron chi connectivity index (χ2n) is 7.23. The van der Waals surface area contributed by atoms with E-state index in [4.69, 9.17) is 5.73 Å². The van der Waals surface area contributed by atoms with Crippen LogP contribution >= 0.6 is 12.4 Å². The molecule has 2 aliphatic heterocycles. The fourth-order valence-electron chi connectivity index (χ4n) is 3.87. The number of nitrogens with zero attached hydrogens (tertiary/aromatic N) is 2. The minimum atomic E-state index is -0.411. The molecular weight excluding hydrogens is 378 g/mol. The summed E-state index contributed by atoms with van der Waals surface area (Å²) in [5.74, 6) is -1.02. The van der Waals surface area contributed by atoms with E-state index in [0.717, 1.165) is 16.0 Å². The van der Waals surface area contributed by atoms with Gasteiger partial charge in [0, 0.05) is 25.0 Å². The van der Waals surface area contributed by atoms with Crippen molar-refractivity contribution >= 4 is 30.1 Å². The number of halogens is 1. The van der Waals surface area contributed by atoms with Crippen LogP contribution in [0.15, 0.2) is 48.5 Å². The number of hydrogen-bond acceptors (Lipinski definition) is 4. The highest BCUT2D eigenvalue weighted by Crippen LogP contribution is 2.28. The minimum Gasteiger partial charge on any atom is -0.339 e. The van der Waals surface area contributed by atoms with Gasteiger partial charge in [0.1, 0.15) is 6.54 Å². The Labute approximate surface area is 169 Å². The Morgan fingerprint density at radius 3 is 2.43 bits per heavy atom. The molecule has 0 saturated carbocycles. The fourth-order valence-corrected chi connectivity index (χ4v) is 3.87. The molecule has 28 heavy (non-hydrogen) atoms. The summed E-state index contributed by atoms with van der Waals surface area (Å²) in [7, 11) is 0. The highest BCUT2D eigenvalue weighted by atomic mass is 35.5. The topological polar surface area (TPSA) is 83.7 Å². The van der Waals surface area contributed by atoms with Crippen molar-refractivity contribution in [2.45, 2.75) is 18.9 Å². The predicted molar refractivity (Wildman–Crippen MR) is 108 cm³/mol. The van der Waals surface area contributed by atoms with Gasteiger partial charge in [0.25, 0.3) is 11.8 Å². The van der Waals surface area contributed by atoms with Crippen molar-refractivity contribution in [3.63, 3.8) is 0 Å². The maximum Gasteiger partial charge on any atom is 0.262 e. The lowest BCUT2D eigenvalue weighted by molar-refractivity contribution is -0.130. The van der Waals surface area contributed by atoms with Crippen molar-refractivity contribution in [1.29, 1.82) is 0 Å². The lowest BCUT2D eigenvalue weighted by Gasteiger charge is -2.20. The van der Waals surface area contributed by atoms with Crippen molar-refractivity contribution in [1.82, 2.24) is 9.80 Å². The van der Waals surface area contributed by atoms with Crippen LogP contribution in [0.1, 0.15) is 37.8 Å². The van der Waals surface area contributed by atoms with Gasteiger partial charge in [-0.3, -0.25) is 19.3 Å². The lowest BCUT2D eigenvalue weighted by atomic mass is 9.95. The number of carbonyl (C=O) groups is 3. The van der Waals surface area contributed by atoms with Crippen LogP contribution in [0.25, 0.3) is 0 Å². The largest absolute Gasteiger partial charge is 0.339 e. The first kappa shape index (κ1) is 20.0. The normalized spacial score (nSPS) is 20.9. The van der Waals surface area contributed by atoms with Crippen LogP contribution in [0.5, 0.6) is 0 Å². The molecule has 7 heteroatoms. The number of imide groups is 1. The molecule has 2 N–H and O–H groups in total. The number of amides is 3. The summed E-state index contributed by atoms with van der Waals surface area (Å²) in [6, 6.07) is 14.8. The first-order valence-electron chi connectivity index (χ1n) is 9.01. The number of benzene rings is 2. The molecule has 0 unspecified atom stereocenters. The molecule has 2 aromatic carbocycles. The van der Waals surface area contributed by atoms with E-state index >= 15 is 0 Å².